The Balaban J connectivity index is 1.92. The van der Waals surface area contributed by atoms with Crippen LogP contribution in [0.15, 0.2) is 50.0 Å². The lowest BCUT2D eigenvalue weighted by Gasteiger charge is -2.09. The zero-order chi connectivity index (χ0) is 16.8. The van der Waals surface area contributed by atoms with Crippen molar-refractivity contribution in [3.8, 4) is 0 Å². The zero-order valence-corrected chi connectivity index (χ0v) is 14.1. The van der Waals surface area contributed by atoms with Gasteiger partial charge in [-0.1, -0.05) is 11.6 Å². The Morgan fingerprint density at radius 2 is 2.08 bits per heavy atom. The number of nitrogens with zero attached hydrogens (tertiary/aromatic N) is 2. The topological polar surface area (TPSA) is 65.1 Å². The fourth-order valence-electron chi connectivity index (χ4n) is 2.67. The van der Waals surface area contributed by atoms with Crippen LogP contribution in [0, 0.1) is 6.92 Å². The molecule has 0 saturated carbocycles. The van der Waals surface area contributed by atoms with E-state index < -0.39 is 5.63 Å². The quantitative estimate of drug-likeness (QED) is 0.514. The second-order valence-corrected chi connectivity index (χ2v) is 6.81. The van der Waals surface area contributed by atoms with Gasteiger partial charge in [0, 0.05) is 16.5 Å². The highest BCUT2D eigenvalue weighted by atomic mass is 35.5. The summed E-state index contributed by atoms with van der Waals surface area (Å²) >= 11 is 7.62. The number of thiophene rings is 1. The van der Waals surface area contributed by atoms with Crippen molar-refractivity contribution in [3.63, 3.8) is 0 Å². The molecule has 0 N–H and O–H groups in total. The van der Waals surface area contributed by atoms with Gasteiger partial charge >= 0.3 is 5.63 Å². The van der Waals surface area contributed by atoms with Gasteiger partial charge in [-0.15, -0.1) is 11.3 Å². The van der Waals surface area contributed by atoms with Gasteiger partial charge in [0.25, 0.3) is 5.56 Å². The third-order valence-corrected chi connectivity index (χ3v) is 5.13. The van der Waals surface area contributed by atoms with Gasteiger partial charge in [-0.2, -0.15) is 0 Å². The van der Waals surface area contributed by atoms with Crippen LogP contribution < -0.4 is 11.2 Å². The van der Waals surface area contributed by atoms with Gasteiger partial charge in [-0.25, -0.2) is 9.78 Å². The van der Waals surface area contributed by atoms with Crippen LogP contribution in [0.1, 0.15) is 11.1 Å². The minimum absolute atomic E-state index is 0.138. The van der Waals surface area contributed by atoms with E-state index in [2.05, 4.69) is 4.98 Å². The molecule has 0 fully saturated rings. The molecule has 3 aromatic heterocycles. The molecule has 0 unspecified atom stereocenters. The van der Waals surface area contributed by atoms with Gasteiger partial charge in [0.15, 0.2) is 0 Å². The van der Waals surface area contributed by atoms with Gasteiger partial charge in [0.1, 0.15) is 10.4 Å². The monoisotopic (exact) mass is 358 g/mol. The Morgan fingerprint density at radius 3 is 2.92 bits per heavy atom. The molecule has 120 valence electrons. The Bertz CT molecular complexity index is 1210. The maximum atomic E-state index is 12.5. The van der Waals surface area contributed by atoms with Gasteiger partial charge in [-0.3, -0.25) is 9.36 Å². The first-order chi connectivity index (χ1) is 11.5. The first kappa shape index (κ1) is 15.1. The number of rotatable bonds is 2. The SMILES string of the molecule is Cc1cc2oc(=O)cc(Cn3cnc4sccc4c3=O)c2cc1Cl. The fourth-order valence-corrected chi connectivity index (χ4v) is 3.56. The Kier molecular flexibility index (Phi) is 3.51. The minimum Gasteiger partial charge on any atom is -0.423 e. The first-order valence-electron chi connectivity index (χ1n) is 7.18. The summed E-state index contributed by atoms with van der Waals surface area (Å²) in [6.45, 7) is 2.06. The highest BCUT2D eigenvalue weighted by molar-refractivity contribution is 7.16. The van der Waals surface area contributed by atoms with Crippen molar-refractivity contribution in [1.29, 1.82) is 0 Å². The lowest BCUT2D eigenvalue weighted by atomic mass is 10.1. The molecular formula is C17H11ClN2O3S. The number of fused-ring (bicyclic) bond motifs is 2. The van der Waals surface area contributed by atoms with Crippen LogP contribution in [0.5, 0.6) is 0 Å². The molecule has 7 heteroatoms. The predicted molar refractivity (Wildman–Crippen MR) is 95.2 cm³/mol. The van der Waals surface area contributed by atoms with Crippen molar-refractivity contribution in [2.75, 3.05) is 0 Å². The summed E-state index contributed by atoms with van der Waals surface area (Å²) < 4.78 is 6.73. The molecular weight excluding hydrogens is 348 g/mol. The van der Waals surface area contributed by atoms with Gasteiger partial charge in [0.05, 0.1) is 18.3 Å². The molecule has 0 spiro atoms. The maximum Gasteiger partial charge on any atom is 0.336 e. The highest BCUT2D eigenvalue weighted by Gasteiger charge is 2.11. The Hall–Kier alpha value is -2.44. The van der Waals surface area contributed by atoms with Crippen molar-refractivity contribution < 1.29 is 4.42 Å². The van der Waals surface area contributed by atoms with Crippen LogP contribution in [0.25, 0.3) is 21.2 Å². The zero-order valence-electron chi connectivity index (χ0n) is 12.6. The van der Waals surface area contributed by atoms with Gasteiger partial charge in [0.2, 0.25) is 0 Å². The van der Waals surface area contributed by atoms with E-state index in [4.69, 9.17) is 16.0 Å². The summed E-state index contributed by atoms with van der Waals surface area (Å²) in [6.07, 6.45) is 1.50. The molecule has 0 saturated heterocycles. The van der Waals surface area contributed by atoms with Crippen LogP contribution >= 0.6 is 22.9 Å². The molecule has 1 aromatic carbocycles. The normalized spacial score (nSPS) is 11.4. The van der Waals surface area contributed by atoms with Crippen LogP contribution in [0.4, 0.5) is 0 Å². The van der Waals surface area contributed by atoms with E-state index in [1.807, 2.05) is 12.3 Å². The van der Waals surface area contributed by atoms with Crippen molar-refractivity contribution in [2.24, 2.45) is 0 Å². The van der Waals surface area contributed by atoms with Crippen LogP contribution in [-0.2, 0) is 6.54 Å². The van der Waals surface area contributed by atoms with Crippen molar-refractivity contribution in [1.82, 2.24) is 9.55 Å². The van der Waals surface area contributed by atoms with E-state index >= 15 is 0 Å². The van der Waals surface area contributed by atoms with Crippen molar-refractivity contribution in [3.05, 3.63) is 72.9 Å². The Labute approximate surface area is 144 Å². The summed E-state index contributed by atoms with van der Waals surface area (Å²) in [5.74, 6) is 0. The molecule has 4 rings (SSSR count). The predicted octanol–water partition coefficient (Wildman–Crippen LogP) is 3.57. The lowest BCUT2D eigenvalue weighted by Crippen LogP contribution is -2.21. The molecule has 0 atom stereocenters. The number of aryl methyl sites for hydroxylation is 1. The van der Waals surface area contributed by atoms with Crippen LogP contribution in [0.2, 0.25) is 5.02 Å². The van der Waals surface area contributed by atoms with E-state index in [0.29, 0.717) is 31.8 Å². The number of hydrogen-bond donors (Lipinski definition) is 0. The van der Waals surface area contributed by atoms with Gasteiger partial charge < -0.3 is 4.42 Å². The third-order valence-electron chi connectivity index (χ3n) is 3.90. The molecule has 0 radical (unpaired) electrons. The second kappa shape index (κ2) is 5.58. The number of hydrogen-bond acceptors (Lipinski definition) is 5. The number of benzene rings is 1. The largest absolute Gasteiger partial charge is 0.423 e. The van der Waals surface area contributed by atoms with E-state index in [1.165, 1.54) is 28.3 Å². The Morgan fingerprint density at radius 1 is 1.25 bits per heavy atom. The molecule has 24 heavy (non-hydrogen) atoms. The van der Waals surface area contributed by atoms with Gasteiger partial charge in [-0.05, 0) is 41.6 Å². The second-order valence-electron chi connectivity index (χ2n) is 5.51. The summed E-state index contributed by atoms with van der Waals surface area (Å²) in [5, 5.41) is 3.70. The first-order valence-corrected chi connectivity index (χ1v) is 8.44. The molecule has 0 aliphatic carbocycles. The molecule has 4 aromatic rings. The highest BCUT2D eigenvalue weighted by Crippen LogP contribution is 2.25. The average Bonchev–Trinajstić information content (AvgIpc) is 3.01. The van der Waals surface area contributed by atoms with E-state index in [1.54, 1.807) is 18.2 Å². The smallest absolute Gasteiger partial charge is 0.336 e. The number of halogens is 1. The third kappa shape index (κ3) is 2.44. The molecule has 0 amide bonds. The van der Waals surface area contributed by atoms with Crippen molar-refractivity contribution >= 4 is 44.1 Å². The molecule has 3 heterocycles. The molecule has 5 nitrogen and oxygen atoms in total. The van der Waals surface area contributed by atoms with E-state index in [-0.39, 0.29) is 12.1 Å². The summed E-state index contributed by atoms with van der Waals surface area (Å²) in [5.41, 5.74) is 1.35. The molecule has 0 bridgehead atoms. The van der Waals surface area contributed by atoms with Crippen LogP contribution in [0.3, 0.4) is 0 Å². The average molecular weight is 359 g/mol. The van der Waals surface area contributed by atoms with Crippen molar-refractivity contribution in [2.45, 2.75) is 13.5 Å². The maximum absolute atomic E-state index is 12.5. The van der Waals surface area contributed by atoms with E-state index in [9.17, 15) is 9.59 Å². The molecule has 0 aliphatic heterocycles. The standard InChI is InChI=1S/C17H11ClN2O3S/c1-9-4-14-12(6-13(9)18)10(5-15(21)23-14)7-20-8-19-16-11(17(20)22)2-3-24-16/h2-6,8H,7H2,1H3. The molecule has 0 aliphatic rings. The minimum atomic E-state index is -0.461. The summed E-state index contributed by atoms with van der Waals surface area (Å²) in [4.78, 5) is 29.4. The number of aromatic nitrogens is 2. The summed E-state index contributed by atoms with van der Waals surface area (Å²) in [7, 11) is 0. The summed E-state index contributed by atoms with van der Waals surface area (Å²) in [6, 6.07) is 6.62. The van der Waals surface area contributed by atoms with E-state index in [0.717, 1.165) is 5.56 Å². The van der Waals surface area contributed by atoms with Crippen LogP contribution in [-0.4, -0.2) is 9.55 Å². The lowest BCUT2D eigenvalue weighted by molar-refractivity contribution is 0.557. The fraction of sp³-hybridized carbons (Fsp3) is 0.118.